The molecule has 8 heteroatoms. The Morgan fingerprint density at radius 3 is 2.91 bits per heavy atom. The standard InChI is InChI=1S/C26H34N4O3S/c1-33-21-6-7-24-23(16-21)22(9-12-27-24)25(32)8-5-19-10-14-30(17-20(19)18-31)13-3-15-34-26-4-2-11-28-29-26/h2,4,6-7,9,11-12,16,19-20,25,31-32H,3,5,8,10,13-15,17-18H2,1H3/t19-,20-,25-/m1/s1. The van der Waals surface area contributed by atoms with Gasteiger partial charge in [-0.15, -0.1) is 16.9 Å². The van der Waals surface area contributed by atoms with E-state index in [1.165, 1.54) is 0 Å². The van der Waals surface area contributed by atoms with E-state index in [0.29, 0.717) is 12.3 Å². The maximum Gasteiger partial charge on any atom is 0.119 e. The van der Waals surface area contributed by atoms with Crippen LogP contribution in [0.5, 0.6) is 5.75 Å². The van der Waals surface area contributed by atoms with Gasteiger partial charge in [0.1, 0.15) is 10.8 Å². The lowest BCUT2D eigenvalue weighted by Crippen LogP contribution is -2.42. The molecule has 0 amide bonds. The van der Waals surface area contributed by atoms with Gasteiger partial charge in [0.05, 0.1) is 18.7 Å². The molecule has 4 rings (SSSR count). The predicted molar refractivity (Wildman–Crippen MR) is 135 cm³/mol. The zero-order chi connectivity index (χ0) is 23.8. The molecule has 0 saturated carbocycles. The fraction of sp³-hybridized carbons (Fsp3) is 0.500. The van der Waals surface area contributed by atoms with E-state index in [1.54, 1.807) is 31.3 Å². The molecule has 3 heterocycles. The van der Waals surface area contributed by atoms with E-state index in [1.807, 2.05) is 36.4 Å². The van der Waals surface area contributed by atoms with Crippen LogP contribution in [0.25, 0.3) is 10.9 Å². The zero-order valence-corrected chi connectivity index (χ0v) is 20.5. The van der Waals surface area contributed by atoms with Gasteiger partial charge in [-0.2, -0.15) is 5.10 Å². The van der Waals surface area contributed by atoms with Crippen molar-refractivity contribution in [3.8, 4) is 5.75 Å². The van der Waals surface area contributed by atoms with Crippen molar-refractivity contribution >= 4 is 22.7 Å². The lowest BCUT2D eigenvalue weighted by molar-refractivity contribution is 0.0581. The number of likely N-dealkylation sites (tertiary alicyclic amines) is 1. The molecular formula is C26H34N4O3S. The predicted octanol–water partition coefficient (Wildman–Crippen LogP) is 3.96. The highest BCUT2D eigenvalue weighted by Gasteiger charge is 2.29. The highest BCUT2D eigenvalue weighted by atomic mass is 32.2. The van der Waals surface area contributed by atoms with Crippen molar-refractivity contribution in [2.24, 2.45) is 11.8 Å². The molecule has 0 unspecified atom stereocenters. The summed E-state index contributed by atoms with van der Waals surface area (Å²) in [5.41, 5.74) is 1.75. The third-order valence-corrected chi connectivity index (χ3v) is 7.79. The van der Waals surface area contributed by atoms with E-state index in [9.17, 15) is 10.2 Å². The minimum Gasteiger partial charge on any atom is -0.497 e. The lowest BCUT2D eigenvalue weighted by atomic mass is 9.81. The van der Waals surface area contributed by atoms with Crippen LogP contribution in [0.15, 0.2) is 53.8 Å². The average molecular weight is 483 g/mol. The Labute approximate surface area is 205 Å². The molecule has 1 saturated heterocycles. The number of nitrogens with zero attached hydrogens (tertiary/aromatic N) is 4. The summed E-state index contributed by atoms with van der Waals surface area (Å²) in [4.78, 5) is 6.88. The van der Waals surface area contributed by atoms with Crippen molar-refractivity contribution in [1.29, 1.82) is 0 Å². The van der Waals surface area contributed by atoms with Gasteiger partial charge in [-0.25, -0.2) is 0 Å². The first-order chi connectivity index (χ1) is 16.7. The smallest absolute Gasteiger partial charge is 0.119 e. The monoisotopic (exact) mass is 482 g/mol. The molecule has 3 atom stereocenters. The first-order valence-corrected chi connectivity index (χ1v) is 13.0. The fourth-order valence-corrected chi connectivity index (χ4v) is 5.63. The molecule has 2 aromatic heterocycles. The summed E-state index contributed by atoms with van der Waals surface area (Å²) in [5.74, 6) is 2.45. The van der Waals surface area contributed by atoms with E-state index < -0.39 is 6.10 Å². The molecule has 7 nitrogen and oxygen atoms in total. The summed E-state index contributed by atoms with van der Waals surface area (Å²) >= 11 is 1.74. The van der Waals surface area contributed by atoms with Crippen molar-refractivity contribution in [2.75, 3.05) is 39.1 Å². The second-order valence-electron chi connectivity index (χ2n) is 8.93. The van der Waals surface area contributed by atoms with Gasteiger partial charge in [-0.1, -0.05) is 0 Å². The Kier molecular flexibility index (Phi) is 9.10. The zero-order valence-electron chi connectivity index (χ0n) is 19.7. The Morgan fingerprint density at radius 1 is 1.21 bits per heavy atom. The second kappa shape index (κ2) is 12.4. The normalized spacial score (nSPS) is 19.9. The maximum atomic E-state index is 11.0. The molecule has 0 bridgehead atoms. The molecule has 3 aromatic rings. The molecule has 182 valence electrons. The fourth-order valence-electron chi connectivity index (χ4n) is 4.87. The van der Waals surface area contributed by atoms with Crippen LogP contribution < -0.4 is 4.74 Å². The first kappa shape index (κ1) is 24.9. The van der Waals surface area contributed by atoms with Gasteiger partial charge in [0.25, 0.3) is 0 Å². The van der Waals surface area contributed by atoms with Crippen LogP contribution in [-0.2, 0) is 0 Å². The summed E-state index contributed by atoms with van der Waals surface area (Å²) in [7, 11) is 1.64. The number of rotatable bonds is 11. The van der Waals surface area contributed by atoms with Gasteiger partial charge in [0.2, 0.25) is 0 Å². The minimum absolute atomic E-state index is 0.195. The Bertz CT molecular complexity index is 1040. The Balaban J connectivity index is 1.26. The lowest BCUT2D eigenvalue weighted by Gasteiger charge is -2.38. The summed E-state index contributed by atoms with van der Waals surface area (Å²) in [5, 5.41) is 31.0. The summed E-state index contributed by atoms with van der Waals surface area (Å²) in [6, 6.07) is 11.6. The number of benzene rings is 1. The SMILES string of the molecule is COc1ccc2nccc([C@H](O)CC[C@@H]3CCN(CCCSc4cccnn4)C[C@@H]3CO)c2c1. The van der Waals surface area contributed by atoms with Crippen LogP contribution in [0, 0.1) is 11.8 Å². The number of thioether (sulfide) groups is 1. The van der Waals surface area contributed by atoms with Crippen LogP contribution in [0.3, 0.4) is 0 Å². The Hall–Kier alpha value is -2.26. The molecule has 1 aliphatic rings. The van der Waals surface area contributed by atoms with E-state index in [-0.39, 0.29) is 12.5 Å². The molecular weight excluding hydrogens is 448 g/mol. The molecule has 0 aliphatic carbocycles. The van der Waals surface area contributed by atoms with Crippen molar-refractivity contribution in [2.45, 2.75) is 36.8 Å². The number of hydrogen-bond donors (Lipinski definition) is 2. The minimum atomic E-state index is -0.562. The number of fused-ring (bicyclic) bond motifs is 1. The van der Waals surface area contributed by atoms with Gasteiger partial charge < -0.3 is 19.8 Å². The third kappa shape index (κ3) is 6.44. The van der Waals surface area contributed by atoms with Crippen LogP contribution in [0.2, 0.25) is 0 Å². The van der Waals surface area contributed by atoms with Crippen LogP contribution in [0.1, 0.15) is 37.4 Å². The van der Waals surface area contributed by atoms with Crippen molar-refractivity contribution in [3.63, 3.8) is 0 Å². The Morgan fingerprint density at radius 2 is 2.12 bits per heavy atom. The van der Waals surface area contributed by atoms with Crippen molar-refractivity contribution in [1.82, 2.24) is 20.1 Å². The quantitative estimate of drug-likeness (QED) is 0.313. The molecule has 1 fully saturated rings. The van der Waals surface area contributed by atoms with Gasteiger partial charge >= 0.3 is 0 Å². The third-order valence-electron chi connectivity index (χ3n) is 6.78. The molecule has 34 heavy (non-hydrogen) atoms. The van der Waals surface area contributed by atoms with Crippen LogP contribution in [-0.4, -0.2) is 69.4 Å². The van der Waals surface area contributed by atoms with Gasteiger partial charge in [-0.3, -0.25) is 4.98 Å². The number of aliphatic hydroxyl groups excluding tert-OH is 2. The average Bonchev–Trinajstić information content (AvgIpc) is 2.89. The molecule has 1 aromatic carbocycles. The van der Waals surface area contributed by atoms with E-state index >= 15 is 0 Å². The van der Waals surface area contributed by atoms with E-state index in [0.717, 1.165) is 71.9 Å². The number of pyridine rings is 1. The van der Waals surface area contributed by atoms with E-state index in [2.05, 4.69) is 20.1 Å². The van der Waals surface area contributed by atoms with Gasteiger partial charge in [0.15, 0.2) is 0 Å². The van der Waals surface area contributed by atoms with Crippen LogP contribution in [0.4, 0.5) is 0 Å². The highest BCUT2D eigenvalue weighted by Crippen LogP contribution is 2.33. The molecule has 0 radical (unpaired) electrons. The number of piperidine rings is 1. The maximum absolute atomic E-state index is 11.0. The number of hydrogen-bond acceptors (Lipinski definition) is 8. The molecule has 1 aliphatic heterocycles. The summed E-state index contributed by atoms with van der Waals surface area (Å²) < 4.78 is 5.36. The highest BCUT2D eigenvalue weighted by molar-refractivity contribution is 7.99. The topological polar surface area (TPSA) is 91.6 Å². The summed E-state index contributed by atoms with van der Waals surface area (Å²) in [6.45, 7) is 3.19. The largest absolute Gasteiger partial charge is 0.497 e. The second-order valence-corrected chi connectivity index (χ2v) is 10.0. The summed E-state index contributed by atoms with van der Waals surface area (Å²) in [6.07, 6.45) is 6.60. The van der Waals surface area contributed by atoms with E-state index in [4.69, 9.17) is 4.74 Å². The number of aromatic nitrogens is 3. The van der Waals surface area contributed by atoms with Gasteiger partial charge in [0, 0.05) is 36.7 Å². The number of aliphatic hydroxyl groups is 2. The van der Waals surface area contributed by atoms with Gasteiger partial charge in [-0.05, 0) is 92.6 Å². The number of ether oxygens (including phenoxy) is 1. The van der Waals surface area contributed by atoms with Crippen molar-refractivity contribution in [3.05, 3.63) is 54.4 Å². The molecule has 2 N–H and O–H groups in total. The van der Waals surface area contributed by atoms with Crippen LogP contribution >= 0.6 is 11.8 Å². The van der Waals surface area contributed by atoms with Crippen molar-refractivity contribution < 1.29 is 14.9 Å². The number of methoxy groups -OCH3 is 1. The molecule has 0 spiro atoms. The first-order valence-electron chi connectivity index (χ1n) is 12.0.